The van der Waals surface area contributed by atoms with Crippen molar-refractivity contribution in [3.63, 3.8) is 0 Å². The second-order valence-corrected chi connectivity index (χ2v) is 3.38. The Labute approximate surface area is 107 Å². The first-order valence-corrected chi connectivity index (χ1v) is 4.82. The molecule has 0 saturated heterocycles. The summed E-state index contributed by atoms with van der Waals surface area (Å²) in [6.45, 7) is 0. The fraction of sp³-hybridized carbons (Fsp3) is 0.250. The minimum atomic E-state index is 0. The molecule has 0 aliphatic rings. The second-order valence-electron chi connectivity index (χ2n) is 3.38. The molecule has 0 unspecified atom stereocenters. The van der Waals surface area contributed by atoms with Crippen molar-refractivity contribution in [2.45, 2.75) is 12.8 Å². The van der Waals surface area contributed by atoms with Crippen LogP contribution in [-0.4, -0.2) is 0 Å². The summed E-state index contributed by atoms with van der Waals surface area (Å²) in [4.78, 5) is 0. The maximum Gasteiger partial charge on any atom is 0.181 e. The summed E-state index contributed by atoms with van der Waals surface area (Å²) in [5.74, 6) is 1.05. The maximum atomic E-state index is 5.29. The Kier molecular flexibility index (Phi) is 4.81. The molecule has 0 aliphatic heterocycles. The summed E-state index contributed by atoms with van der Waals surface area (Å²) in [5, 5.41) is 0. The lowest BCUT2D eigenvalue weighted by Crippen LogP contribution is -3.00. The summed E-state index contributed by atoms with van der Waals surface area (Å²) in [6.07, 6.45) is 5.77. The summed E-state index contributed by atoms with van der Waals surface area (Å²) in [7, 11) is 2.07. The lowest BCUT2D eigenvalue weighted by atomic mass is 10.2. The molecule has 80 valence electrons. The molecule has 2 aromatic rings. The van der Waals surface area contributed by atoms with Gasteiger partial charge in [-0.15, -0.1) is 0 Å². The van der Waals surface area contributed by atoms with E-state index >= 15 is 0 Å². The van der Waals surface area contributed by atoms with E-state index in [2.05, 4.69) is 29.9 Å². The van der Waals surface area contributed by atoms with E-state index in [9.17, 15) is 0 Å². The minimum absolute atomic E-state index is 0. The van der Waals surface area contributed by atoms with Gasteiger partial charge in [-0.1, -0.05) is 6.07 Å². The number of hydrogen-bond donors (Lipinski definition) is 0. The van der Waals surface area contributed by atoms with Gasteiger partial charge in [0.2, 0.25) is 0 Å². The fourth-order valence-electron chi connectivity index (χ4n) is 1.52. The van der Waals surface area contributed by atoms with Crippen LogP contribution in [0.25, 0.3) is 0 Å². The van der Waals surface area contributed by atoms with E-state index < -0.39 is 0 Å². The molecule has 0 saturated carbocycles. The van der Waals surface area contributed by atoms with Crippen LogP contribution < -0.4 is 28.5 Å². The number of aromatic nitrogens is 1. The lowest BCUT2D eigenvalue weighted by Gasteiger charge is -1.97. The first kappa shape index (κ1) is 12.2. The Morgan fingerprint density at radius 3 is 2.67 bits per heavy atom. The van der Waals surface area contributed by atoms with Gasteiger partial charge >= 0.3 is 0 Å². The van der Waals surface area contributed by atoms with Crippen LogP contribution >= 0.6 is 0 Å². The molecule has 0 N–H and O–H groups in total. The van der Waals surface area contributed by atoms with Crippen LogP contribution in [0, 0.1) is 0 Å². The molecule has 2 rings (SSSR count). The van der Waals surface area contributed by atoms with Crippen LogP contribution in [0.4, 0.5) is 0 Å². The average molecular weight is 315 g/mol. The van der Waals surface area contributed by atoms with Crippen molar-refractivity contribution in [3.8, 4) is 0 Å². The Morgan fingerprint density at radius 2 is 2.00 bits per heavy atom. The van der Waals surface area contributed by atoms with E-state index in [4.69, 9.17) is 4.42 Å². The van der Waals surface area contributed by atoms with E-state index in [0.29, 0.717) is 0 Å². The van der Waals surface area contributed by atoms with Crippen molar-refractivity contribution in [3.05, 3.63) is 54.2 Å². The Bertz CT molecular complexity index is 398. The van der Waals surface area contributed by atoms with Crippen molar-refractivity contribution >= 4 is 0 Å². The van der Waals surface area contributed by atoms with Gasteiger partial charge < -0.3 is 28.4 Å². The molecule has 0 fully saturated rings. The number of rotatable bonds is 3. The third kappa shape index (κ3) is 3.34. The molecule has 2 heterocycles. The van der Waals surface area contributed by atoms with Crippen LogP contribution in [0.3, 0.4) is 0 Å². The molecular formula is C12H14INO. The molecule has 0 atom stereocenters. The molecule has 0 amide bonds. The highest BCUT2D eigenvalue weighted by atomic mass is 127. The van der Waals surface area contributed by atoms with Gasteiger partial charge in [0, 0.05) is 25.0 Å². The number of furan rings is 1. The molecule has 0 spiro atoms. The average Bonchev–Trinajstić information content (AvgIpc) is 2.69. The van der Waals surface area contributed by atoms with Crippen molar-refractivity contribution in [1.29, 1.82) is 0 Å². The van der Waals surface area contributed by atoms with Gasteiger partial charge in [0.05, 0.1) is 6.26 Å². The van der Waals surface area contributed by atoms with Gasteiger partial charge in [0.25, 0.3) is 0 Å². The Hall–Kier alpha value is -0.840. The lowest BCUT2D eigenvalue weighted by molar-refractivity contribution is -0.679. The highest BCUT2D eigenvalue weighted by molar-refractivity contribution is 5.03. The van der Waals surface area contributed by atoms with Gasteiger partial charge in [-0.3, -0.25) is 0 Å². The molecule has 0 aliphatic carbocycles. The predicted molar refractivity (Wildman–Crippen MR) is 53.7 cm³/mol. The van der Waals surface area contributed by atoms with Crippen LogP contribution in [0.1, 0.15) is 11.5 Å². The van der Waals surface area contributed by atoms with Crippen molar-refractivity contribution in [1.82, 2.24) is 0 Å². The number of halogens is 1. The standard InChI is InChI=1S/C12H14NO.HI/c1-13-9-3-2-5-11(13)7-8-12-6-4-10-14-12;/h2-6,9-10H,7-8H2,1H3;1H/q+1;/p-1. The quantitative estimate of drug-likeness (QED) is 0.519. The van der Waals surface area contributed by atoms with E-state index in [1.54, 1.807) is 6.26 Å². The summed E-state index contributed by atoms with van der Waals surface area (Å²) < 4.78 is 7.43. The fourth-order valence-corrected chi connectivity index (χ4v) is 1.52. The number of nitrogens with zero attached hydrogens (tertiary/aromatic N) is 1. The van der Waals surface area contributed by atoms with E-state index in [0.717, 1.165) is 18.6 Å². The zero-order valence-corrected chi connectivity index (χ0v) is 10.8. The topological polar surface area (TPSA) is 17.0 Å². The highest BCUT2D eigenvalue weighted by Gasteiger charge is 2.05. The third-order valence-electron chi connectivity index (χ3n) is 2.37. The smallest absolute Gasteiger partial charge is 0.181 e. The van der Waals surface area contributed by atoms with Crippen molar-refractivity contribution in [2.24, 2.45) is 7.05 Å². The van der Waals surface area contributed by atoms with E-state index in [-0.39, 0.29) is 24.0 Å². The van der Waals surface area contributed by atoms with E-state index in [1.165, 1.54) is 5.69 Å². The van der Waals surface area contributed by atoms with Gasteiger partial charge in [-0.2, -0.15) is 0 Å². The SMILES string of the molecule is C[n+]1ccccc1CCc1ccco1.[I-]. The number of aryl methyl sites for hydroxylation is 3. The van der Waals surface area contributed by atoms with Crippen molar-refractivity contribution < 1.29 is 33.0 Å². The molecule has 3 heteroatoms. The largest absolute Gasteiger partial charge is 1.00 e. The second kappa shape index (κ2) is 5.90. The third-order valence-corrected chi connectivity index (χ3v) is 2.37. The molecule has 0 aromatic carbocycles. The summed E-state index contributed by atoms with van der Waals surface area (Å²) >= 11 is 0. The summed E-state index contributed by atoms with van der Waals surface area (Å²) in [6, 6.07) is 10.2. The number of pyridine rings is 1. The highest BCUT2D eigenvalue weighted by Crippen LogP contribution is 2.04. The van der Waals surface area contributed by atoms with Gasteiger partial charge in [0.1, 0.15) is 12.8 Å². The first-order chi connectivity index (χ1) is 6.86. The zero-order chi connectivity index (χ0) is 9.80. The van der Waals surface area contributed by atoms with Crippen molar-refractivity contribution in [2.75, 3.05) is 0 Å². The number of hydrogen-bond acceptors (Lipinski definition) is 1. The predicted octanol–water partition coefficient (Wildman–Crippen LogP) is -1.11. The zero-order valence-electron chi connectivity index (χ0n) is 8.69. The van der Waals surface area contributed by atoms with Crippen LogP contribution in [0.2, 0.25) is 0 Å². The first-order valence-electron chi connectivity index (χ1n) is 4.82. The molecule has 2 aromatic heterocycles. The van der Waals surface area contributed by atoms with Gasteiger partial charge in [-0.05, 0) is 12.1 Å². The molecule has 0 radical (unpaired) electrons. The normalized spacial score (nSPS) is 9.67. The maximum absolute atomic E-state index is 5.29. The summed E-state index contributed by atoms with van der Waals surface area (Å²) in [5.41, 5.74) is 1.32. The van der Waals surface area contributed by atoms with Crippen LogP contribution in [-0.2, 0) is 19.9 Å². The molecule has 0 bridgehead atoms. The van der Waals surface area contributed by atoms with Gasteiger partial charge in [0.15, 0.2) is 11.9 Å². The van der Waals surface area contributed by atoms with Crippen LogP contribution in [0.5, 0.6) is 0 Å². The molecule has 15 heavy (non-hydrogen) atoms. The van der Waals surface area contributed by atoms with Crippen LogP contribution in [0.15, 0.2) is 47.2 Å². The molecular weight excluding hydrogens is 301 g/mol. The Balaban J connectivity index is 0.00000112. The Morgan fingerprint density at radius 1 is 1.13 bits per heavy atom. The minimum Gasteiger partial charge on any atom is -1.00 e. The van der Waals surface area contributed by atoms with Gasteiger partial charge in [-0.25, -0.2) is 4.57 Å². The van der Waals surface area contributed by atoms with E-state index in [1.807, 2.05) is 18.2 Å². The molecule has 2 nitrogen and oxygen atoms in total. The monoisotopic (exact) mass is 315 g/mol.